The van der Waals surface area contributed by atoms with Gasteiger partial charge in [0.05, 0.1) is 17.7 Å². The number of rotatable bonds is 4. The number of aliphatic hydroxyl groups is 1. The Bertz CT molecular complexity index is 660. The van der Waals surface area contributed by atoms with Gasteiger partial charge in [-0.2, -0.15) is 4.98 Å². The number of hydrogen-bond acceptors (Lipinski definition) is 6. The van der Waals surface area contributed by atoms with Crippen LogP contribution in [-0.4, -0.2) is 46.5 Å². The number of aromatic carboxylic acids is 1. The molecule has 0 bridgehead atoms. The maximum absolute atomic E-state index is 10.9. The van der Waals surface area contributed by atoms with Crippen molar-refractivity contribution in [3.63, 3.8) is 0 Å². The molecular formula is C14H16N2O5. The van der Waals surface area contributed by atoms with E-state index < -0.39 is 11.5 Å². The molecule has 1 aliphatic rings. The molecule has 0 radical (unpaired) electrons. The first-order chi connectivity index (χ1) is 10.1. The monoisotopic (exact) mass is 292 g/mol. The van der Waals surface area contributed by atoms with Gasteiger partial charge in [0.2, 0.25) is 0 Å². The van der Waals surface area contributed by atoms with Crippen LogP contribution in [0.4, 0.5) is 6.01 Å². The number of carbonyl (C=O) groups is 1. The minimum atomic E-state index is -1.01. The predicted molar refractivity (Wildman–Crippen MR) is 74.5 cm³/mol. The summed E-state index contributed by atoms with van der Waals surface area (Å²) in [7, 11) is 0. The lowest BCUT2D eigenvalue weighted by Gasteiger charge is -2.35. The van der Waals surface area contributed by atoms with E-state index >= 15 is 0 Å². The molecule has 1 aromatic heterocycles. The average molecular weight is 292 g/mol. The smallest absolute Gasteiger partial charge is 0.335 e. The van der Waals surface area contributed by atoms with E-state index in [1.54, 1.807) is 6.07 Å². The van der Waals surface area contributed by atoms with Gasteiger partial charge in [0.25, 0.3) is 6.01 Å². The first-order valence-corrected chi connectivity index (χ1v) is 6.73. The van der Waals surface area contributed by atoms with Crippen molar-refractivity contribution in [3.05, 3.63) is 23.8 Å². The van der Waals surface area contributed by atoms with Crippen LogP contribution in [0.1, 0.15) is 23.2 Å². The summed E-state index contributed by atoms with van der Waals surface area (Å²) in [6.45, 7) is 1.09. The molecule has 0 amide bonds. The van der Waals surface area contributed by atoms with Crippen LogP contribution in [0, 0.1) is 0 Å². The van der Waals surface area contributed by atoms with Gasteiger partial charge in [-0.3, -0.25) is 0 Å². The molecule has 0 atom stereocenters. The number of benzene rings is 1. The summed E-state index contributed by atoms with van der Waals surface area (Å²) in [5, 5.41) is 21.7. The highest BCUT2D eigenvalue weighted by atomic mass is 16.5. The summed E-state index contributed by atoms with van der Waals surface area (Å²) in [5.74, 6) is -1.01. The van der Waals surface area contributed by atoms with E-state index in [1.165, 1.54) is 12.1 Å². The number of nitrogens with zero attached hydrogens (tertiary/aromatic N) is 1. The highest BCUT2D eigenvalue weighted by molar-refractivity contribution is 5.92. The molecule has 7 heteroatoms. The number of carboxylic acid groups (broad SMARTS) is 1. The minimum Gasteiger partial charge on any atom is -0.478 e. The SMILES string of the molecule is O=C(O)c1ccc2nc(NC3(CO)CCOCC3)oc2c1. The Morgan fingerprint density at radius 1 is 1.38 bits per heavy atom. The summed E-state index contributed by atoms with van der Waals surface area (Å²) in [5.41, 5.74) is 0.614. The lowest BCUT2D eigenvalue weighted by molar-refractivity contribution is 0.0371. The standard InChI is InChI=1S/C14H16N2O5/c17-8-14(3-5-20-6-4-14)16-13-15-10-2-1-9(12(18)19)7-11(10)21-13/h1-2,7,17H,3-6,8H2,(H,15,16)(H,18,19). The van der Waals surface area contributed by atoms with Gasteiger partial charge in [0, 0.05) is 13.2 Å². The fourth-order valence-corrected chi connectivity index (χ4v) is 2.42. The molecule has 3 N–H and O–H groups in total. The lowest BCUT2D eigenvalue weighted by Crippen LogP contribution is -2.47. The zero-order valence-corrected chi connectivity index (χ0v) is 11.3. The van der Waals surface area contributed by atoms with Crippen molar-refractivity contribution in [1.29, 1.82) is 0 Å². The van der Waals surface area contributed by atoms with Crippen LogP contribution in [0.3, 0.4) is 0 Å². The van der Waals surface area contributed by atoms with E-state index in [-0.39, 0.29) is 18.2 Å². The van der Waals surface area contributed by atoms with Gasteiger partial charge >= 0.3 is 5.97 Å². The Labute approximate surface area is 120 Å². The van der Waals surface area contributed by atoms with Crippen molar-refractivity contribution in [2.45, 2.75) is 18.4 Å². The van der Waals surface area contributed by atoms with Crippen LogP contribution >= 0.6 is 0 Å². The highest BCUT2D eigenvalue weighted by Gasteiger charge is 2.33. The first kappa shape index (κ1) is 13.8. The number of nitrogens with one attached hydrogen (secondary N) is 1. The molecule has 0 aliphatic carbocycles. The number of oxazole rings is 1. The highest BCUT2D eigenvalue weighted by Crippen LogP contribution is 2.27. The van der Waals surface area contributed by atoms with Gasteiger partial charge in [0.15, 0.2) is 5.58 Å². The third kappa shape index (κ3) is 2.70. The summed E-state index contributed by atoms with van der Waals surface area (Å²) in [6, 6.07) is 4.80. The summed E-state index contributed by atoms with van der Waals surface area (Å²) < 4.78 is 10.8. The number of carboxylic acids is 1. The number of anilines is 1. The van der Waals surface area contributed by atoms with Crippen LogP contribution in [-0.2, 0) is 4.74 Å². The molecule has 21 heavy (non-hydrogen) atoms. The molecule has 1 saturated heterocycles. The van der Waals surface area contributed by atoms with Gasteiger partial charge in [-0.25, -0.2) is 4.79 Å². The third-order valence-corrected chi connectivity index (χ3v) is 3.76. The van der Waals surface area contributed by atoms with E-state index in [2.05, 4.69) is 10.3 Å². The average Bonchev–Trinajstić information content (AvgIpc) is 2.89. The molecule has 1 aliphatic heterocycles. The van der Waals surface area contributed by atoms with Crippen LogP contribution in [0.2, 0.25) is 0 Å². The van der Waals surface area contributed by atoms with Crippen molar-refractivity contribution in [3.8, 4) is 0 Å². The van der Waals surface area contributed by atoms with Crippen LogP contribution in [0.15, 0.2) is 22.6 Å². The molecule has 0 spiro atoms. The summed E-state index contributed by atoms with van der Waals surface area (Å²) in [6.07, 6.45) is 1.31. The molecular weight excluding hydrogens is 276 g/mol. The van der Waals surface area contributed by atoms with Crippen LogP contribution in [0.5, 0.6) is 0 Å². The Morgan fingerprint density at radius 2 is 2.14 bits per heavy atom. The number of aromatic nitrogens is 1. The summed E-state index contributed by atoms with van der Waals surface area (Å²) in [4.78, 5) is 15.2. The second-order valence-corrected chi connectivity index (χ2v) is 5.18. The number of aliphatic hydroxyl groups excluding tert-OH is 1. The van der Waals surface area contributed by atoms with Crippen LogP contribution in [0.25, 0.3) is 11.1 Å². The molecule has 7 nitrogen and oxygen atoms in total. The van der Waals surface area contributed by atoms with Crippen molar-refractivity contribution < 1.29 is 24.2 Å². The van der Waals surface area contributed by atoms with E-state index in [1.807, 2.05) is 0 Å². The molecule has 1 aromatic carbocycles. The Morgan fingerprint density at radius 3 is 2.81 bits per heavy atom. The fraction of sp³-hybridized carbons (Fsp3) is 0.429. The Kier molecular flexibility index (Phi) is 3.52. The zero-order chi connectivity index (χ0) is 14.9. The van der Waals surface area contributed by atoms with Gasteiger partial charge < -0.3 is 24.7 Å². The second-order valence-electron chi connectivity index (χ2n) is 5.18. The maximum Gasteiger partial charge on any atom is 0.335 e. The largest absolute Gasteiger partial charge is 0.478 e. The second kappa shape index (κ2) is 5.34. The molecule has 3 rings (SSSR count). The van der Waals surface area contributed by atoms with Crippen molar-refractivity contribution in [2.24, 2.45) is 0 Å². The zero-order valence-electron chi connectivity index (χ0n) is 11.3. The minimum absolute atomic E-state index is 0.0462. The third-order valence-electron chi connectivity index (χ3n) is 3.76. The van der Waals surface area contributed by atoms with Gasteiger partial charge in [-0.15, -0.1) is 0 Å². The van der Waals surface area contributed by atoms with Crippen molar-refractivity contribution >= 4 is 23.1 Å². The normalized spacial score (nSPS) is 17.8. The van der Waals surface area contributed by atoms with Gasteiger partial charge in [-0.05, 0) is 31.0 Å². The predicted octanol–water partition coefficient (Wildman–Crippen LogP) is 1.48. The van der Waals surface area contributed by atoms with E-state index in [4.69, 9.17) is 14.3 Å². The van der Waals surface area contributed by atoms with Gasteiger partial charge in [0.1, 0.15) is 5.52 Å². The molecule has 2 heterocycles. The van der Waals surface area contributed by atoms with E-state index in [0.717, 1.165) is 0 Å². The Hall–Kier alpha value is -2.12. The number of ether oxygens (including phenoxy) is 1. The quantitative estimate of drug-likeness (QED) is 0.783. The van der Waals surface area contributed by atoms with Crippen LogP contribution < -0.4 is 5.32 Å². The first-order valence-electron chi connectivity index (χ1n) is 6.73. The fourth-order valence-electron chi connectivity index (χ4n) is 2.42. The number of fused-ring (bicyclic) bond motifs is 1. The summed E-state index contributed by atoms with van der Waals surface area (Å²) >= 11 is 0. The number of hydrogen-bond donors (Lipinski definition) is 3. The van der Waals surface area contributed by atoms with Crippen molar-refractivity contribution in [2.75, 3.05) is 25.1 Å². The maximum atomic E-state index is 10.9. The molecule has 0 saturated carbocycles. The Balaban J connectivity index is 1.88. The lowest BCUT2D eigenvalue weighted by atomic mass is 9.91. The topological polar surface area (TPSA) is 105 Å². The van der Waals surface area contributed by atoms with E-state index in [9.17, 15) is 9.90 Å². The molecule has 0 unspecified atom stereocenters. The molecule has 1 fully saturated rings. The van der Waals surface area contributed by atoms with Gasteiger partial charge in [-0.1, -0.05) is 0 Å². The molecule has 2 aromatic rings. The van der Waals surface area contributed by atoms with E-state index in [0.29, 0.717) is 37.2 Å². The van der Waals surface area contributed by atoms with Crippen molar-refractivity contribution in [1.82, 2.24) is 4.98 Å². The molecule has 112 valence electrons.